The topological polar surface area (TPSA) is 40.5 Å². The lowest BCUT2D eigenvalue weighted by Gasteiger charge is -2.53. The van der Waals surface area contributed by atoms with E-state index in [9.17, 15) is 23.1 Å². The molecule has 2 unspecified atom stereocenters. The number of halogens is 5. The molecule has 36 heavy (non-hydrogen) atoms. The summed E-state index contributed by atoms with van der Waals surface area (Å²) in [5.74, 6) is -0.525. The zero-order valence-corrected chi connectivity index (χ0v) is 22.2. The first kappa shape index (κ1) is 28.5. The highest BCUT2D eigenvalue weighted by Gasteiger charge is 2.55. The molecule has 1 fully saturated rings. The van der Waals surface area contributed by atoms with Gasteiger partial charge in [-0.1, -0.05) is 67.4 Å². The molecule has 3 nitrogen and oxygen atoms in total. The van der Waals surface area contributed by atoms with Crippen LogP contribution in [0.1, 0.15) is 69.5 Å². The Bertz CT molecular complexity index is 1090. The summed E-state index contributed by atoms with van der Waals surface area (Å²) in [5.41, 5.74) is -2.22. The first-order chi connectivity index (χ1) is 16.7. The van der Waals surface area contributed by atoms with E-state index in [1.807, 2.05) is 25.1 Å². The number of hydrogen-bond donors (Lipinski definition) is 1. The maximum atomic E-state index is 14.1. The summed E-state index contributed by atoms with van der Waals surface area (Å²) >= 11 is 12.5. The predicted octanol–water partition coefficient (Wildman–Crippen LogP) is 8.12. The molecule has 0 aliphatic carbocycles. The monoisotopic (exact) mass is 541 g/mol. The number of piperidine rings is 1. The van der Waals surface area contributed by atoms with Crippen molar-refractivity contribution in [1.82, 2.24) is 4.90 Å². The number of allylic oxidation sites excluding steroid dienone is 1. The van der Waals surface area contributed by atoms with Crippen molar-refractivity contribution in [2.75, 3.05) is 0 Å². The second-order valence-electron chi connectivity index (χ2n) is 10.2. The van der Waals surface area contributed by atoms with Gasteiger partial charge in [0, 0.05) is 28.4 Å². The number of alkyl halides is 3. The van der Waals surface area contributed by atoms with Crippen LogP contribution in [0.2, 0.25) is 10.0 Å². The smallest absolute Gasteiger partial charge is 0.381 e. The second kappa shape index (κ2) is 10.8. The van der Waals surface area contributed by atoms with E-state index in [0.717, 1.165) is 18.1 Å². The van der Waals surface area contributed by atoms with Crippen LogP contribution in [-0.2, 0) is 4.79 Å². The molecule has 1 amide bonds. The SMILES string of the molecule is C=CC[C@@]1(C)C[C@H](c2cccc(Cl)c2)C(c2ccc(Cl)cc2)N(C(CC)C[C@@](C)(O)C(F)(F)F)C1=O. The zero-order chi connectivity index (χ0) is 26.9. The Balaban J connectivity index is 2.24. The van der Waals surface area contributed by atoms with Gasteiger partial charge in [-0.15, -0.1) is 6.58 Å². The molecule has 1 aliphatic heterocycles. The molecule has 3 rings (SSSR count). The summed E-state index contributed by atoms with van der Waals surface area (Å²) in [6.45, 7) is 8.14. The minimum Gasteiger partial charge on any atom is -0.381 e. The fourth-order valence-electron chi connectivity index (χ4n) is 5.30. The van der Waals surface area contributed by atoms with Crippen LogP contribution >= 0.6 is 23.2 Å². The molecule has 5 atom stereocenters. The molecular weight excluding hydrogens is 510 g/mol. The minimum absolute atomic E-state index is 0.231. The van der Waals surface area contributed by atoms with Gasteiger partial charge in [0.2, 0.25) is 5.91 Å². The van der Waals surface area contributed by atoms with E-state index in [-0.39, 0.29) is 18.2 Å². The van der Waals surface area contributed by atoms with Crippen LogP contribution in [0.25, 0.3) is 0 Å². The molecule has 0 spiro atoms. The summed E-state index contributed by atoms with van der Waals surface area (Å²) in [6.07, 6.45) is -2.77. The Morgan fingerprint density at radius 3 is 2.33 bits per heavy atom. The summed E-state index contributed by atoms with van der Waals surface area (Å²) < 4.78 is 41.2. The van der Waals surface area contributed by atoms with E-state index in [2.05, 4.69) is 6.58 Å². The van der Waals surface area contributed by atoms with Crippen molar-refractivity contribution in [3.63, 3.8) is 0 Å². The van der Waals surface area contributed by atoms with Gasteiger partial charge in [-0.05, 0) is 61.6 Å². The Hall–Kier alpha value is -2.02. The van der Waals surface area contributed by atoms with E-state index < -0.39 is 35.7 Å². The second-order valence-corrected chi connectivity index (χ2v) is 11.0. The maximum absolute atomic E-state index is 14.1. The number of likely N-dealkylation sites (tertiary alicyclic amines) is 1. The van der Waals surface area contributed by atoms with Crippen molar-refractivity contribution in [2.45, 2.75) is 76.2 Å². The van der Waals surface area contributed by atoms with Crippen molar-refractivity contribution in [3.8, 4) is 0 Å². The van der Waals surface area contributed by atoms with Gasteiger partial charge >= 0.3 is 6.18 Å². The summed E-state index contributed by atoms with van der Waals surface area (Å²) in [7, 11) is 0. The highest BCUT2D eigenvalue weighted by atomic mass is 35.5. The van der Waals surface area contributed by atoms with E-state index in [0.29, 0.717) is 22.9 Å². The van der Waals surface area contributed by atoms with Crippen molar-refractivity contribution >= 4 is 29.1 Å². The summed E-state index contributed by atoms with van der Waals surface area (Å²) in [4.78, 5) is 15.7. The molecule has 1 heterocycles. The van der Waals surface area contributed by atoms with Crippen LogP contribution in [-0.4, -0.2) is 33.7 Å². The number of hydrogen-bond acceptors (Lipinski definition) is 2. The van der Waals surface area contributed by atoms with Gasteiger partial charge in [0.25, 0.3) is 0 Å². The average Bonchev–Trinajstić information content (AvgIpc) is 2.79. The molecular formula is C28H32Cl2F3NO2. The number of rotatable bonds is 8. The van der Waals surface area contributed by atoms with Crippen molar-refractivity contribution in [1.29, 1.82) is 0 Å². The van der Waals surface area contributed by atoms with Crippen molar-refractivity contribution in [2.24, 2.45) is 5.41 Å². The van der Waals surface area contributed by atoms with E-state index >= 15 is 0 Å². The number of amides is 1. The minimum atomic E-state index is -4.84. The lowest BCUT2D eigenvalue weighted by Crippen LogP contribution is -2.58. The molecule has 196 valence electrons. The van der Waals surface area contributed by atoms with Gasteiger partial charge in [0.05, 0.1) is 11.5 Å². The standard InChI is InChI=1S/C28H32Cl2F3NO2/c1-5-14-26(3)17-23(19-8-7-9-21(30)15-19)24(18-10-12-20(29)13-11-18)34(25(26)35)22(6-2)16-27(4,36)28(31,32)33/h5,7-13,15,22-24,36H,1,6,14,16-17H2,2-4H3/t22?,23-,24?,26+,27-/m1/s1. The van der Waals surface area contributed by atoms with Gasteiger partial charge in [0.15, 0.2) is 5.60 Å². The van der Waals surface area contributed by atoms with E-state index in [4.69, 9.17) is 23.2 Å². The largest absolute Gasteiger partial charge is 0.416 e. The van der Waals surface area contributed by atoms with Crippen molar-refractivity contribution in [3.05, 3.63) is 82.4 Å². The molecule has 0 aromatic heterocycles. The predicted molar refractivity (Wildman–Crippen MR) is 138 cm³/mol. The number of aliphatic hydroxyl groups is 1. The zero-order valence-electron chi connectivity index (χ0n) is 20.7. The van der Waals surface area contributed by atoms with Gasteiger partial charge in [-0.2, -0.15) is 13.2 Å². The van der Waals surface area contributed by atoms with E-state index in [1.54, 1.807) is 48.2 Å². The third-order valence-electron chi connectivity index (χ3n) is 7.29. The first-order valence-electron chi connectivity index (χ1n) is 12.0. The first-order valence-corrected chi connectivity index (χ1v) is 12.7. The van der Waals surface area contributed by atoms with Gasteiger partial charge in [0.1, 0.15) is 0 Å². The van der Waals surface area contributed by atoms with Gasteiger partial charge in [-0.25, -0.2) is 0 Å². The molecule has 2 aromatic carbocycles. The number of nitrogens with zero attached hydrogens (tertiary/aromatic N) is 1. The van der Waals surface area contributed by atoms with Crippen molar-refractivity contribution < 1.29 is 23.1 Å². The summed E-state index contributed by atoms with van der Waals surface area (Å²) in [6, 6.07) is 12.9. The normalized spacial score (nSPS) is 25.4. The maximum Gasteiger partial charge on any atom is 0.416 e. The third kappa shape index (κ3) is 5.76. The number of carbonyl (C=O) groups excluding carboxylic acids is 1. The molecule has 2 aromatic rings. The Morgan fingerprint density at radius 1 is 1.17 bits per heavy atom. The molecule has 8 heteroatoms. The molecule has 1 saturated heterocycles. The van der Waals surface area contributed by atoms with Gasteiger partial charge in [-0.3, -0.25) is 4.79 Å². The average molecular weight is 542 g/mol. The fraction of sp³-hybridized carbons (Fsp3) is 0.464. The highest BCUT2D eigenvalue weighted by Crippen LogP contribution is 2.53. The highest BCUT2D eigenvalue weighted by molar-refractivity contribution is 6.30. The van der Waals surface area contributed by atoms with Crippen LogP contribution in [0.4, 0.5) is 13.2 Å². The van der Waals surface area contributed by atoms with Crippen LogP contribution in [0.5, 0.6) is 0 Å². The molecule has 1 N–H and O–H groups in total. The fourth-order valence-corrected chi connectivity index (χ4v) is 5.63. The Kier molecular flexibility index (Phi) is 8.54. The van der Waals surface area contributed by atoms with Crippen LogP contribution < -0.4 is 0 Å². The lowest BCUT2D eigenvalue weighted by molar-refractivity contribution is -0.259. The Labute approximate surface area is 220 Å². The quantitative estimate of drug-likeness (QED) is 0.343. The molecule has 0 bridgehead atoms. The van der Waals surface area contributed by atoms with Crippen LogP contribution in [0, 0.1) is 5.41 Å². The summed E-state index contributed by atoms with van der Waals surface area (Å²) in [5, 5.41) is 11.4. The Morgan fingerprint density at radius 2 is 1.81 bits per heavy atom. The van der Waals surface area contributed by atoms with E-state index in [1.165, 1.54) is 0 Å². The molecule has 0 saturated carbocycles. The lowest BCUT2D eigenvalue weighted by atomic mass is 9.66. The third-order valence-corrected chi connectivity index (χ3v) is 7.78. The molecule has 0 radical (unpaired) electrons. The van der Waals surface area contributed by atoms with Crippen LogP contribution in [0.15, 0.2) is 61.2 Å². The van der Waals surface area contributed by atoms with Gasteiger partial charge < -0.3 is 10.0 Å². The number of carbonyl (C=O) groups is 1. The number of benzene rings is 2. The van der Waals surface area contributed by atoms with Crippen LogP contribution in [0.3, 0.4) is 0 Å². The molecule has 1 aliphatic rings.